The minimum Gasteiger partial charge on any atom is -0.392 e. The van der Waals surface area contributed by atoms with Gasteiger partial charge < -0.3 is 10.0 Å². The summed E-state index contributed by atoms with van der Waals surface area (Å²) in [4.78, 5) is 21.7. The van der Waals surface area contributed by atoms with Crippen LogP contribution in [0.3, 0.4) is 0 Å². The van der Waals surface area contributed by atoms with Crippen LogP contribution in [0.25, 0.3) is 33.4 Å². The van der Waals surface area contributed by atoms with Crippen LogP contribution < -0.4 is 5.56 Å². The third-order valence-electron chi connectivity index (χ3n) is 7.50. The summed E-state index contributed by atoms with van der Waals surface area (Å²) in [5.41, 5.74) is 5.64. The first kappa shape index (κ1) is 24.4. The number of fused-ring (bicyclic) bond motifs is 1. The second-order valence-corrected chi connectivity index (χ2v) is 10.4. The van der Waals surface area contributed by atoms with Crippen LogP contribution in [0.2, 0.25) is 0 Å². The molecule has 0 bridgehead atoms. The van der Waals surface area contributed by atoms with Crippen molar-refractivity contribution < 1.29 is 5.11 Å². The molecule has 1 aliphatic heterocycles. The van der Waals surface area contributed by atoms with E-state index in [1.165, 1.54) is 0 Å². The van der Waals surface area contributed by atoms with Gasteiger partial charge in [0.05, 0.1) is 17.5 Å². The van der Waals surface area contributed by atoms with Crippen LogP contribution in [0.4, 0.5) is 0 Å². The Balaban J connectivity index is 1.64. The minimum absolute atomic E-state index is 0.00957. The van der Waals surface area contributed by atoms with E-state index in [1.807, 2.05) is 59.2 Å². The molecule has 1 N–H and O–H groups in total. The molecule has 1 fully saturated rings. The van der Waals surface area contributed by atoms with Gasteiger partial charge in [0.2, 0.25) is 0 Å². The standard InChI is InChI=1S/C31H35N3O2/c1-21(2)33-15-7-10-24(18-33)19-34-30(27-12-5-4-8-22(27)3)32-29-14-13-26(17-28(29)31(34)36)25-11-6-9-23(16-25)20-35/h4-6,8-9,11-14,16-17,21,24,35H,7,10,15,18-20H2,1-3H3. The van der Waals surface area contributed by atoms with Crippen LogP contribution in [0.5, 0.6) is 0 Å². The number of nitrogens with zero attached hydrogens (tertiary/aromatic N) is 3. The molecule has 36 heavy (non-hydrogen) atoms. The van der Waals surface area contributed by atoms with E-state index < -0.39 is 0 Å². The third kappa shape index (κ3) is 4.86. The molecule has 1 aliphatic rings. The molecule has 5 nitrogen and oxygen atoms in total. The lowest BCUT2D eigenvalue weighted by molar-refractivity contribution is 0.130. The Morgan fingerprint density at radius 2 is 1.83 bits per heavy atom. The molecule has 0 aliphatic carbocycles. The fourth-order valence-corrected chi connectivity index (χ4v) is 5.42. The first-order chi connectivity index (χ1) is 17.4. The van der Waals surface area contributed by atoms with Gasteiger partial charge in [-0.05, 0) is 86.5 Å². The molecule has 0 radical (unpaired) electrons. The molecule has 5 heteroatoms. The average Bonchev–Trinajstić information content (AvgIpc) is 2.90. The number of aliphatic hydroxyl groups is 1. The number of hydrogen-bond donors (Lipinski definition) is 1. The van der Waals surface area contributed by atoms with Gasteiger partial charge in [-0.1, -0.05) is 48.5 Å². The minimum atomic E-state index is -0.00957. The third-order valence-corrected chi connectivity index (χ3v) is 7.50. The Morgan fingerprint density at radius 3 is 2.61 bits per heavy atom. The molecular formula is C31H35N3O2. The van der Waals surface area contributed by atoms with Gasteiger partial charge in [-0.25, -0.2) is 4.98 Å². The lowest BCUT2D eigenvalue weighted by Gasteiger charge is -2.36. The molecule has 1 unspecified atom stereocenters. The summed E-state index contributed by atoms with van der Waals surface area (Å²) in [6.07, 6.45) is 2.28. The van der Waals surface area contributed by atoms with E-state index in [0.717, 1.165) is 59.6 Å². The molecule has 1 saturated heterocycles. The van der Waals surface area contributed by atoms with Crippen molar-refractivity contribution in [1.29, 1.82) is 0 Å². The molecule has 0 spiro atoms. The largest absolute Gasteiger partial charge is 0.392 e. The number of piperidine rings is 1. The van der Waals surface area contributed by atoms with Gasteiger partial charge >= 0.3 is 0 Å². The molecule has 1 aromatic heterocycles. The van der Waals surface area contributed by atoms with Crippen molar-refractivity contribution in [3.05, 3.63) is 88.2 Å². The lowest BCUT2D eigenvalue weighted by Crippen LogP contribution is -2.42. The van der Waals surface area contributed by atoms with Gasteiger partial charge in [-0.15, -0.1) is 0 Å². The molecule has 0 saturated carbocycles. The van der Waals surface area contributed by atoms with E-state index in [4.69, 9.17) is 4.98 Å². The van der Waals surface area contributed by atoms with Gasteiger partial charge in [0.15, 0.2) is 0 Å². The van der Waals surface area contributed by atoms with E-state index in [0.29, 0.717) is 29.4 Å². The second kappa shape index (κ2) is 10.4. The summed E-state index contributed by atoms with van der Waals surface area (Å²) in [6, 6.07) is 22.4. The Kier molecular flexibility index (Phi) is 7.04. The number of rotatable bonds is 6. The summed E-state index contributed by atoms with van der Waals surface area (Å²) in [6.45, 7) is 9.36. The first-order valence-corrected chi connectivity index (χ1v) is 13.0. The van der Waals surface area contributed by atoms with E-state index in [1.54, 1.807) is 0 Å². The van der Waals surface area contributed by atoms with Crippen LogP contribution in [-0.2, 0) is 13.2 Å². The maximum Gasteiger partial charge on any atom is 0.261 e. The van der Waals surface area contributed by atoms with E-state index in [2.05, 4.69) is 37.8 Å². The maximum atomic E-state index is 14.1. The Hall–Kier alpha value is -3.28. The van der Waals surface area contributed by atoms with Crippen molar-refractivity contribution in [2.45, 2.75) is 52.8 Å². The highest BCUT2D eigenvalue weighted by Crippen LogP contribution is 2.28. The zero-order chi connectivity index (χ0) is 25.2. The molecule has 5 rings (SSSR count). The van der Waals surface area contributed by atoms with Crippen LogP contribution in [0.1, 0.15) is 37.8 Å². The van der Waals surface area contributed by atoms with Crippen molar-refractivity contribution in [1.82, 2.24) is 14.5 Å². The number of likely N-dealkylation sites (tertiary alicyclic amines) is 1. The van der Waals surface area contributed by atoms with Crippen molar-refractivity contribution in [3.63, 3.8) is 0 Å². The van der Waals surface area contributed by atoms with Crippen molar-refractivity contribution in [2.24, 2.45) is 5.92 Å². The maximum absolute atomic E-state index is 14.1. The van der Waals surface area contributed by atoms with Gasteiger partial charge in [-0.2, -0.15) is 0 Å². The van der Waals surface area contributed by atoms with Gasteiger partial charge in [0.1, 0.15) is 5.82 Å². The Labute approximate surface area is 213 Å². The number of aromatic nitrogens is 2. The van der Waals surface area contributed by atoms with Gasteiger partial charge in [0, 0.05) is 24.7 Å². The summed E-state index contributed by atoms with van der Waals surface area (Å²) in [7, 11) is 0. The lowest BCUT2D eigenvalue weighted by atomic mass is 9.96. The quantitative estimate of drug-likeness (QED) is 0.387. The van der Waals surface area contributed by atoms with E-state index in [-0.39, 0.29) is 12.2 Å². The van der Waals surface area contributed by atoms with Gasteiger partial charge in [0.25, 0.3) is 5.56 Å². The SMILES string of the molecule is Cc1ccccc1-c1nc2ccc(-c3cccc(CO)c3)cc2c(=O)n1CC1CCCN(C(C)C)C1. The van der Waals surface area contributed by atoms with Crippen molar-refractivity contribution in [3.8, 4) is 22.5 Å². The van der Waals surface area contributed by atoms with E-state index in [9.17, 15) is 9.90 Å². The Morgan fingerprint density at radius 1 is 1.03 bits per heavy atom. The van der Waals surface area contributed by atoms with Gasteiger partial charge in [-0.3, -0.25) is 9.36 Å². The summed E-state index contributed by atoms with van der Waals surface area (Å²) in [5, 5.41) is 10.2. The van der Waals surface area contributed by atoms with Crippen LogP contribution in [0, 0.1) is 12.8 Å². The number of benzene rings is 3. The fourth-order valence-electron chi connectivity index (χ4n) is 5.42. The zero-order valence-corrected chi connectivity index (χ0v) is 21.4. The molecule has 4 aromatic rings. The van der Waals surface area contributed by atoms with E-state index >= 15 is 0 Å². The molecule has 0 amide bonds. The van der Waals surface area contributed by atoms with Crippen LogP contribution in [-0.4, -0.2) is 38.7 Å². The molecule has 1 atom stereocenters. The smallest absolute Gasteiger partial charge is 0.261 e. The summed E-state index contributed by atoms with van der Waals surface area (Å²) < 4.78 is 1.92. The van der Waals surface area contributed by atoms with Crippen molar-refractivity contribution in [2.75, 3.05) is 13.1 Å². The molecule has 2 heterocycles. The highest BCUT2D eigenvalue weighted by molar-refractivity contribution is 5.85. The van der Waals surface area contributed by atoms with Crippen LogP contribution in [0.15, 0.2) is 71.5 Å². The Bertz CT molecular complexity index is 1440. The number of hydrogen-bond acceptors (Lipinski definition) is 4. The summed E-state index contributed by atoms with van der Waals surface area (Å²) in [5.74, 6) is 1.16. The number of aliphatic hydroxyl groups excluding tert-OH is 1. The normalized spacial score (nSPS) is 16.6. The predicted octanol–water partition coefficient (Wildman–Crippen LogP) is 5.65. The summed E-state index contributed by atoms with van der Waals surface area (Å²) >= 11 is 0. The second-order valence-electron chi connectivity index (χ2n) is 10.4. The average molecular weight is 482 g/mol. The van der Waals surface area contributed by atoms with Crippen molar-refractivity contribution >= 4 is 10.9 Å². The topological polar surface area (TPSA) is 58.4 Å². The molecule has 186 valence electrons. The van der Waals surface area contributed by atoms with Crippen LogP contribution >= 0.6 is 0 Å². The fraction of sp³-hybridized carbons (Fsp3) is 0.355. The predicted molar refractivity (Wildman–Crippen MR) is 147 cm³/mol. The number of aryl methyl sites for hydroxylation is 1. The highest BCUT2D eigenvalue weighted by Gasteiger charge is 2.24. The first-order valence-electron chi connectivity index (χ1n) is 13.0. The molecule has 3 aromatic carbocycles. The zero-order valence-electron chi connectivity index (χ0n) is 21.4. The molecular weight excluding hydrogens is 446 g/mol. The monoisotopic (exact) mass is 481 g/mol. The highest BCUT2D eigenvalue weighted by atomic mass is 16.3.